The van der Waals surface area contributed by atoms with E-state index in [0.717, 1.165) is 49.5 Å². The van der Waals surface area contributed by atoms with Crippen molar-refractivity contribution in [3.63, 3.8) is 0 Å². The first-order valence-electron chi connectivity index (χ1n) is 12.4. The number of hydrogen-bond donors (Lipinski definition) is 0. The first-order valence-corrected chi connectivity index (χ1v) is 12.7. The zero-order chi connectivity index (χ0) is 24.3. The maximum atomic E-state index is 13.0. The molecule has 6 heteroatoms. The van der Waals surface area contributed by atoms with Crippen LogP contribution in [0.3, 0.4) is 0 Å². The summed E-state index contributed by atoms with van der Waals surface area (Å²) in [5.74, 6) is 1.87. The van der Waals surface area contributed by atoms with Crippen molar-refractivity contribution in [1.82, 2.24) is 4.90 Å². The Labute approximate surface area is 212 Å². The Morgan fingerprint density at radius 2 is 1.71 bits per heavy atom. The van der Waals surface area contributed by atoms with E-state index in [1.165, 1.54) is 5.56 Å². The van der Waals surface area contributed by atoms with E-state index in [0.29, 0.717) is 30.3 Å². The summed E-state index contributed by atoms with van der Waals surface area (Å²) in [6, 6.07) is 23.7. The van der Waals surface area contributed by atoms with Gasteiger partial charge in [-0.3, -0.25) is 4.79 Å². The number of halogens is 1. The Bertz CT molecular complexity index is 1190. The lowest BCUT2D eigenvalue weighted by atomic mass is 9.87. The standard InChI is InChI=1S/C29H31ClN2O3/c1-2-34-26-12-5-3-8-23(26)21-32-19-16-29(35-27-13-6-4-11-25(27)32)14-17-31(18-15-29)28(33)22-9-7-10-24(30)20-22/h3-13,20H,2,14-19,21H2,1H3. The molecule has 1 amide bonds. The van der Waals surface area contributed by atoms with Crippen molar-refractivity contribution >= 4 is 23.2 Å². The highest BCUT2D eigenvalue weighted by Gasteiger charge is 2.40. The van der Waals surface area contributed by atoms with Crippen LogP contribution in [0.25, 0.3) is 0 Å². The first-order chi connectivity index (χ1) is 17.1. The molecule has 3 aromatic carbocycles. The van der Waals surface area contributed by atoms with Gasteiger partial charge in [-0.05, 0) is 43.3 Å². The SMILES string of the molecule is CCOc1ccccc1CN1CCC2(CCN(C(=O)c3cccc(Cl)c3)CC2)Oc2ccccc21. The summed E-state index contributed by atoms with van der Waals surface area (Å²) >= 11 is 6.11. The summed E-state index contributed by atoms with van der Waals surface area (Å²) in [4.78, 5) is 17.4. The first kappa shape index (κ1) is 23.6. The van der Waals surface area contributed by atoms with Crippen molar-refractivity contribution in [2.45, 2.75) is 38.3 Å². The summed E-state index contributed by atoms with van der Waals surface area (Å²) in [7, 11) is 0. The van der Waals surface area contributed by atoms with Gasteiger partial charge in [-0.25, -0.2) is 0 Å². The van der Waals surface area contributed by atoms with Gasteiger partial charge in [-0.2, -0.15) is 0 Å². The predicted octanol–water partition coefficient (Wildman–Crippen LogP) is 6.20. The molecule has 0 aromatic heterocycles. The van der Waals surface area contributed by atoms with E-state index in [4.69, 9.17) is 21.1 Å². The molecule has 2 heterocycles. The van der Waals surface area contributed by atoms with Gasteiger partial charge in [0.1, 0.15) is 17.1 Å². The second-order valence-electron chi connectivity index (χ2n) is 9.27. The lowest BCUT2D eigenvalue weighted by Gasteiger charge is -2.41. The highest BCUT2D eigenvalue weighted by Crippen LogP contribution is 2.41. The van der Waals surface area contributed by atoms with Gasteiger partial charge in [-0.1, -0.05) is 48.0 Å². The van der Waals surface area contributed by atoms with Gasteiger partial charge in [0.2, 0.25) is 0 Å². The van der Waals surface area contributed by atoms with E-state index in [9.17, 15) is 4.79 Å². The third-order valence-corrected chi connectivity index (χ3v) is 7.27. The summed E-state index contributed by atoms with van der Waals surface area (Å²) < 4.78 is 12.6. The van der Waals surface area contributed by atoms with Gasteiger partial charge in [0.25, 0.3) is 5.91 Å². The molecular formula is C29H31ClN2O3. The molecule has 1 saturated heterocycles. The van der Waals surface area contributed by atoms with Gasteiger partial charge >= 0.3 is 0 Å². The highest BCUT2D eigenvalue weighted by molar-refractivity contribution is 6.30. The molecule has 0 unspecified atom stereocenters. The van der Waals surface area contributed by atoms with Crippen molar-refractivity contribution in [3.8, 4) is 11.5 Å². The number of carbonyl (C=O) groups excluding carboxylic acids is 1. The van der Waals surface area contributed by atoms with Crippen LogP contribution in [0.1, 0.15) is 42.1 Å². The van der Waals surface area contributed by atoms with Gasteiger partial charge in [0.15, 0.2) is 0 Å². The molecule has 0 bridgehead atoms. The molecule has 182 valence electrons. The van der Waals surface area contributed by atoms with E-state index in [1.807, 2.05) is 42.2 Å². The second-order valence-corrected chi connectivity index (χ2v) is 9.70. The summed E-state index contributed by atoms with van der Waals surface area (Å²) in [6.45, 7) is 5.62. The average molecular weight is 491 g/mol. The normalized spacial score (nSPS) is 16.9. The Hall–Kier alpha value is -3.18. The third-order valence-electron chi connectivity index (χ3n) is 7.04. The van der Waals surface area contributed by atoms with Gasteiger partial charge in [0.05, 0.1) is 12.3 Å². The number of para-hydroxylation sites is 3. The highest BCUT2D eigenvalue weighted by atomic mass is 35.5. The van der Waals surface area contributed by atoms with Crippen molar-refractivity contribution in [2.75, 3.05) is 31.1 Å². The fraction of sp³-hybridized carbons (Fsp3) is 0.345. The van der Waals surface area contributed by atoms with Crippen LogP contribution in [-0.4, -0.2) is 42.6 Å². The topological polar surface area (TPSA) is 42.0 Å². The van der Waals surface area contributed by atoms with Crippen molar-refractivity contribution in [2.24, 2.45) is 0 Å². The largest absolute Gasteiger partial charge is 0.494 e. The maximum Gasteiger partial charge on any atom is 0.253 e. The number of carbonyl (C=O) groups is 1. The van der Waals surface area contributed by atoms with Crippen molar-refractivity contribution in [3.05, 3.63) is 88.9 Å². The lowest BCUT2D eigenvalue weighted by Crippen LogP contribution is -2.50. The van der Waals surface area contributed by atoms with Crippen LogP contribution in [-0.2, 0) is 6.54 Å². The Balaban J connectivity index is 1.33. The fourth-order valence-corrected chi connectivity index (χ4v) is 5.31. The number of fused-ring (bicyclic) bond motifs is 1. The fourth-order valence-electron chi connectivity index (χ4n) is 5.12. The minimum absolute atomic E-state index is 0.0329. The molecule has 0 aliphatic carbocycles. The van der Waals surface area contributed by atoms with Crippen LogP contribution in [0.4, 0.5) is 5.69 Å². The number of benzene rings is 3. The van der Waals surface area contributed by atoms with Gasteiger partial charge in [-0.15, -0.1) is 0 Å². The molecule has 5 rings (SSSR count). The molecule has 35 heavy (non-hydrogen) atoms. The van der Waals surface area contributed by atoms with E-state index >= 15 is 0 Å². The van der Waals surface area contributed by atoms with Gasteiger partial charge in [0, 0.05) is 61.6 Å². The molecule has 2 aliphatic rings. The van der Waals surface area contributed by atoms with Gasteiger partial charge < -0.3 is 19.3 Å². The number of ether oxygens (including phenoxy) is 2. The molecule has 0 radical (unpaired) electrons. The van der Waals surface area contributed by atoms with E-state index in [1.54, 1.807) is 12.1 Å². The number of anilines is 1. The predicted molar refractivity (Wildman–Crippen MR) is 140 cm³/mol. The molecule has 0 saturated carbocycles. The van der Waals surface area contributed by atoms with E-state index < -0.39 is 0 Å². The minimum atomic E-state index is -0.282. The summed E-state index contributed by atoms with van der Waals surface area (Å²) in [5, 5.41) is 0.582. The smallest absolute Gasteiger partial charge is 0.253 e. The monoisotopic (exact) mass is 490 g/mol. The molecule has 1 spiro atoms. The van der Waals surface area contributed by atoms with Crippen LogP contribution in [0, 0.1) is 0 Å². The Morgan fingerprint density at radius 1 is 0.971 bits per heavy atom. The summed E-state index contributed by atoms with van der Waals surface area (Å²) in [5.41, 5.74) is 2.63. The molecule has 1 fully saturated rings. The van der Waals surface area contributed by atoms with E-state index in [-0.39, 0.29) is 11.5 Å². The van der Waals surface area contributed by atoms with Crippen molar-refractivity contribution in [1.29, 1.82) is 0 Å². The van der Waals surface area contributed by atoms with E-state index in [2.05, 4.69) is 35.2 Å². The summed E-state index contributed by atoms with van der Waals surface area (Å²) in [6.07, 6.45) is 2.51. The van der Waals surface area contributed by atoms with Crippen LogP contribution >= 0.6 is 11.6 Å². The Morgan fingerprint density at radius 3 is 2.51 bits per heavy atom. The maximum absolute atomic E-state index is 13.0. The number of piperidine rings is 1. The molecule has 3 aromatic rings. The molecular weight excluding hydrogens is 460 g/mol. The number of nitrogens with zero attached hydrogens (tertiary/aromatic N) is 2. The lowest BCUT2D eigenvalue weighted by molar-refractivity contribution is 0.00239. The molecule has 2 aliphatic heterocycles. The molecule has 5 nitrogen and oxygen atoms in total. The second kappa shape index (κ2) is 10.2. The van der Waals surface area contributed by atoms with Crippen LogP contribution in [0.2, 0.25) is 5.02 Å². The third kappa shape index (κ3) is 5.10. The minimum Gasteiger partial charge on any atom is -0.494 e. The van der Waals surface area contributed by atoms with Crippen molar-refractivity contribution < 1.29 is 14.3 Å². The number of hydrogen-bond acceptors (Lipinski definition) is 4. The average Bonchev–Trinajstić information content (AvgIpc) is 3.02. The van der Waals surface area contributed by atoms with Crippen LogP contribution in [0.5, 0.6) is 11.5 Å². The van der Waals surface area contributed by atoms with Crippen LogP contribution in [0.15, 0.2) is 72.8 Å². The Kier molecular flexibility index (Phi) is 6.87. The van der Waals surface area contributed by atoms with Crippen LogP contribution < -0.4 is 14.4 Å². The number of likely N-dealkylation sites (tertiary alicyclic amines) is 1. The zero-order valence-electron chi connectivity index (χ0n) is 20.1. The quantitative estimate of drug-likeness (QED) is 0.427. The number of amides is 1. The molecule has 0 N–H and O–H groups in total. The number of rotatable bonds is 5. The molecule has 0 atom stereocenters. The zero-order valence-corrected chi connectivity index (χ0v) is 20.8.